The molecule has 0 bridgehead atoms. The molecule has 7 nitrogen and oxygen atoms in total. The molecule has 0 spiro atoms. The first-order valence-electron chi connectivity index (χ1n) is 3.19. The number of carboxylic acid groups (broad SMARTS) is 2. The quantitative estimate of drug-likeness (QED) is 0.332. The molecule has 3 N–H and O–H groups in total. The van der Waals surface area contributed by atoms with E-state index < -0.39 is 30.8 Å². The van der Waals surface area contributed by atoms with Crippen LogP contribution in [0.15, 0.2) is 0 Å². The number of aliphatic hydroxyl groups excluding tert-OH is 1. The summed E-state index contributed by atoms with van der Waals surface area (Å²) in [5.41, 5.74) is -2.91. The van der Waals surface area contributed by atoms with E-state index in [1.807, 2.05) is 0 Å². The molecule has 0 aromatic heterocycles. The van der Waals surface area contributed by atoms with Gasteiger partial charge in [-0.05, 0) is 0 Å². The Morgan fingerprint density at radius 3 is 2.00 bits per heavy atom. The van der Waals surface area contributed by atoms with Gasteiger partial charge in [-0.25, -0.2) is 9.59 Å². The number of carbonyl (C=O) groups is 3. The van der Waals surface area contributed by atoms with Gasteiger partial charge in [0.05, 0.1) is 13.2 Å². The SMILES string of the molecule is O=CC(OCCO)(C(=O)O)C(=O)O. The van der Waals surface area contributed by atoms with Crippen LogP contribution < -0.4 is 0 Å². The molecule has 13 heavy (non-hydrogen) atoms. The zero-order chi connectivity index (χ0) is 10.5. The van der Waals surface area contributed by atoms with Crippen molar-refractivity contribution in [1.82, 2.24) is 0 Å². The number of aliphatic carboxylic acids is 2. The fraction of sp³-hybridized carbons (Fsp3) is 0.500. The minimum atomic E-state index is -2.91. The lowest BCUT2D eigenvalue weighted by Gasteiger charge is -2.17. The summed E-state index contributed by atoms with van der Waals surface area (Å²) in [6.45, 7) is -1.12. The Kier molecular flexibility index (Phi) is 4.02. The number of rotatable bonds is 6. The highest BCUT2D eigenvalue weighted by Gasteiger charge is 2.48. The van der Waals surface area contributed by atoms with E-state index in [0.717, 1.165) is 0 Å². The Morgan fingerprint density at radius 2 is 1.77 bits per heavy atom. The molecule has 0 saturated heterocycles. The third kappa shape index (κ3) is 2.23. The van der Waals surface area contributed by atoms with Crippen LogP contribution in [0.3, 0.4) is 0 Å². The second kappa shape index (κ2) is 4.53. The topological polar surface area (TPSA) is 121 Å². The predicted octanol–water partition coefficient (Wildman–Crippen LogP) is -1.90. The van der Waals surface area contributed by atoms with Crippen molar-refractivity contribution in [3.63, 3.8) is 0 Å². The summed E-state index contributed by atoms with van der Waals surface area (Å²) in [5, 5.41) is 25.1. The van der Waals surface area contributed by atoms with E-state index in [-0.39, 0.29) is 6.29 Å². The second-order valence-electron chi connectivity index (χ2n) is 2.04. The fourth-order valence-electron chi connectivity index (χ4n) is 0.556. The average Bonchev–Trinajstić information content (AvgIpc) is 2.05. The van der Waals surface area contributed by atoms with Gasteiger partial charge in [-0.1, -0.05) is 0 Å². The summed E-state index contributed by atoms with van der Waals surface area (Å²) < 4.78 is 4.23. The van der Waals surface area contributed by atoms with Gasteiger partial charge in [-0.15, -0.1) is 0 Å². The number of ether oxygens (including phenoxy) is 1. The van der Waals surface area contributed by atoms with Crippen LogP contribution in [0.4, 0.5) is 0 Å². The lowest BCUT2D eigenvalue weighted by atomic mass is 10.1. The first kappa shape index (κ1) is 11.5. The Hall–Kier alpha value is -1.47. The van der Waals surface area contributed by atoms with Crippen molar-refractivity contribution < 1.29 is 34.4 Å². The van der Waals surface area contributed by atoms with Crippen molar-refractivity contribution in [1.29, 1.82) is 0 Å². The average molecular weight is 192 g/mol. The summed E-state index contributed by atoms with van der Waals surface area (Å²) in [5.74, 6) is -3.85. The van der Waals surface area contributed by atoms with Crippen LogP contribution in [0, 0.1) is 0 Å². The minimum Gasteiger partial charge on any atom is -0.478 e. The number of aldehydes is 1. The molecule has 0 fully saturated rings. The van der Waals surface area contributed by atoms with Gasteiger partial charge in [0.25, 0.3) is 0 Å². The summed E-state index contributed by atoms with van der Waals surface area (Å²) in [6, 6.07) is 0. The van der Waals surface area contributed by atoms with Gasteiger partial charge in [-0.3, -0.25) is 4.79 Å². The molecule has 0 heterocycles. The van der Waals surface area contributed by atoms with Gasteiger partial charge in [0.15, 0.2) is 6.29 Å². The Morgan fingerprint density at radius 1 is 1.31 bits per heavy atom. The summed E-state index contributed by atoms with van der Waals surface area (Å²) >= 11 is 0. The third-order valence-corrected chi connectivity index (χ3v) is 1.22. The zero-order valence-electron chi connectivity index (χ0n) is 6.47. The van der Waals surface area contributed by atoms with Crippen molar-refractivity contribution in [2.45, 2.75) is 5.60 Å². The second-order valence-corrected chi connectivity index (χ2v) is 2.04. The van der Waals surface area contributed by atoms with Gasteiger partial charge in [-0.2, -0.15) is 0 Å². The van der Waals surface area contributed by atoms with E-state index in [2.05, 4.69) is 4.74 Å². The highest BCUT2D eigenvalue weighted by Crippen LogP contribution is 2.08. The van der Waals surface area contributed by atoms with Crippen LogP contribution in [0.5, 0.6) is 0 Å². The molecule has 0 aliphatic carbocycles. The number of carbonyl (C=O) groups excluding carboxylic acids is 1. The minimum absolute atomic E-state index is 0.340. The summed E-state index contributed by atoms with van der Waals surface area (Å²) in [6.07, 6.45) is -0.340. The summed E-state index contributed by atoms with van der Waals surface area (Å²) in [4.78, 5) is 31.0. The normalized spacial score (nSPS) is 10.8. The van der Waals surface area contributed by atoms with Crippen LogP contribution >= 0.6 is 0 Å². The molecule has 0 aromatic carbocycles. The first-order valence-corrected chi connectivity index (χ1v) is 3.19. The van der Waals surface area contributed by atoms with Crippen LogP contribution in [0.2, 0.25) is 0 Å². The maximum Gasteiger partial charge on any atom is 0.355 e. The van der Waals surface area contributed by atoms with Gasteiger partial charge >= 0.3 is 17.5 Å². The molecule has 0 aliphatic rings. The standard InChI is InChI=1S/C6H8O7/c7-1-2-13-6(3-8,4(9)10)5(11)12/h3,7H,1-2H2,(H,9,10)(H,11,12). The number of aliphatic hydroxyl groups is 1. The van der Waals surface area contributed by atoms with Crippen molar-refractivity contribution in [2.75, 3.05) is 13.2 Å². The molecule has 0 amide bonds. The number of hydrogen-bond donors (Lipinski definition) is 3. The highest BCUT2D eigenvalue weighted by atomic mass is 16.6. The van der Waals surface area contributed by atoms with Crippen molar-refractivity contribution in [3.05, 3.63) is 0 Å². The fourth-order valence-corrected chi connectivity index (χ4v) is 0.556. The van der Waals surface area contributed by atoms with Crippen LogP contribution in [-0.2, 0) is 19.1 Å². The molecule has 0 saturated carbocycles. The first-order chi connectivity index (χ1) is 6.01. The molecule has 74 valence electrons. The lowest BCUT2D eigenvalue weighted by Crippen LogP contribution is -2.51. The van der Waals surface area contributed by atoms with E-state index in [1.54, 1.807) is 0 Å². The number of hydrogen-bond acceptors (Lipinski definition) is 5. The van der Waals surface area contributed by atoms with E-state index in [9.17, 15) is 14.4 Å². The van der Waals surface area contributed by atoms with Crippen molar-refractivity contribution in [2.24, 2.45) is 0 Å². The van der Waals surface area contributed by atoms with Crippen LogP contribution in [0.25, 0.3) is 0 Å². The van der Waals surface area contributed by atoms with Crippen LogP contribution in [-0.4, -0.2) is 52.4 Å². The molecule has 0 radical (unpaired) electrons. The van der Waals surface area contributed by atoms with E-state index >= 15 is 0 Å². The monoisotopic (exact) mass is 192 g/mol. The van der Waals surface area contributed by atoms with E-state index in [1.165, 1.54) is 0 Å². The largest absolute Gasteiger partial charge is 0.478 e. The maximum absolute atomic E-state index is 10.4. The molecule has 0 aromatic rings. The molecular weight excluding hydrogens is 184 g/mol. The molecule has 0 unspecified atom stereocenters. The van der Waals surface area contributed by atoms with Gasteiger partial charge in [0.1, 0.15) is 0 Å². The third-order valence-electron chi connectivity index (χ3n) is 1.22. The Labute approximate surface area is 72.5 Å². The van der Waals surface area contributed by atoms with E-state index in [0.29, 0.717) is 0 Å². The summed E-state index contributed by atoms with van der Waals surface area (Å²) in [7, 11) is 0. The molecule has 0 atom stereocenters. The van der Waals surface area contributed by atoms with Crippen LogP contribution in [0.1, 0.15) is 0 Å². The zero-order valence-corrected chi connectivity index (χ0v) is 6.47. The van der Waals surface area contributed by atoms with Gasteiger partial charge < -0.3 is 20.1 Å². The Bertz CT molecular complexity index is 207. The highest BCUT2D eigenvalue weighted by molar-refractivity contribution is 6.16. The van der Waals surface area contributed by atoms with Crippen molar-refractivity contribution in [3.8, 4) is 0 Å². The molecule has 7 heteroatoms. The maximum atomic E-state index is 10.4. The van der Waals surface area contributed by atoms with E-state index in [4.69, 9.17) is 15.3 Å². The molecular formula is C6H8O7. The molecule has 0 rings (SSSR count). The number of carboxylic acids is 2. The van der Waals surface area contributed by atoms with Gasteiger partial charge in [0, 0.05) is 0 Å². The lowest BCUT2D eigenvalue weighted by molar-refractivity contribution is -0.182. The predicted molar refractivity (Wildman–Crippen MR) is 37.1 cm³/mol. The van der Waals surface area contributed by atoms with Gasteiger partial charge in [0.2, 0.25) is 0 Å². The smallest absolute Gasteiger partial charge is 0.355 e. The Balaban J connectivity index is 4.76. The van der Waals surface area contributed by atoms with Crippen molar-refractivity contribution >= 4 is 18.2 Å². The molecule has 0 aliphatic heterocycles.